The molecule has 0 saturated heterocycles. The lowest BCUT2D eigenvalue weighted by Gasteiger charge is -2.18. The third-order valence-electron chi connectivity index (χ3n) is 11.0. The van der Waals surface area contributed by atoms with E-state index in [9.17, 15) is 5.26 Å². The topological polar surface area (TPSA) is 72.3 Å². The van der Waals surface area contributed by atoms with Gasteiger partial charge in [-0.2, -0.15) is 5.26 Å². The molecular weight excluding hydrogens is 709 g/mol. The average molecular weight is 741 g/mol. The third-order valence-corrected chi connectivity index (χ3v) is 11.0. The van der Waals surface area contributed by atoms with Gasteiger partial charge in [-0.3, -0.25) is 0 Å². The Hall–Kier alpha value is -8.14. The minimum absolute atomic E-state index is 0.516. The van der Waals surface area contributed by atoms with Crippen LogP contribution in [0.5, 0.6) is 0 Å². The van der Waals surface area contributed by atoms with E-state index in [1.54, 1.807) is 0 Å². The molecule has 0 unspecified atom stereocenters. The monoisotopic (exact) mass is 740 g/mol. The summed E-state index contributed by atoms with van der Waals surface area (Å²) in [6.07, 6.45) is 0. The van der Waals surface area contributed by atoms with E-state index in [4.69, 9.17) is 15.0 Å². The predicted octanol–water partition coefficient (Wildman–Crippen LogP) is 12.6. The number of hydrogen-bond donors (Lipinski definition) is 0. The standard InChI is InChI=1S/C52H32N6/c53-33-44-37(24-15-29-49(44)58-47-27-13-9-22-40(47)41-23-10-14-28-48(41)58)43-32-36(57-45-25-11-7-20-38(45)39-21-8-12-26-46(39)57)30-31-42(43)52-55-50(34-16-3-1-4-17-34)54-51(56-52)35-18-5-2-6-19-35/h1-32H. The van der Waals surface area contributed by atoms with Crippen LogP contribution in [0.4, 0.5) is 0 Å². The summed E-state index contributed by atoms with van der Waals surface area (Å²) in [5.41, 5.74) is 10.8. The van der Waals surface area contributed by atoms with Crippen molar-refractivity contribution in [2.75, 3.05) is 0 Å². The molecule has 6 nitrogen and oxygen atoms in total. The molecule has 8 aromatic carbocycles. The van der Waals surface area contributed by atoms with Crippen LogP contribution in [0.3, 0.4) is 0 Å². The van der Waals surface area contributed by atoms with Crippen molar-refractivity contribution in [2.24, 2.45) is 0 Å². The summed E-state index contributed by atoms with van der Waals surface area (Å²) in [7, 11) is 0. The minimum Gasteiger partial charge on any atom is -0.309 e. The van der Waals surface area contributed by atoms with Crippen LogP contribution < -0.4 is 0 Å². The molecule has 0 bridgehead atoms. The first-order valence-electron chi connectivity index (χ1n) is 19.3. The quantitative estimate of drug-likeness (QED) is 0.170. The molecule has 0 atom stereocenters. The molecule has 0 spiro atoms. The number of nitriles is 1. The third kappa shape index (κ3) is 5.30. The summed E-state index contributed by atoms with van der Waals surface area (Å²) in [6.45, 7) is 0. The van der Waals surface area contributed by atoms with Crippen LogP contribution >= 0.6 is 0 Å². The molecule has 0 aliphatic carbocycles. The maximum atomic E-state index is 11.3. The maximum absolute atomic E-state index is 11.3. The second kappa shape index (κ2) is 13.6. The second-order valence-electron chi connectivity index (χ2n) is 14.3. The summed E-state index contributed by atoms with van der Waals surface area (Å²) in [4.78, 5) is 15.3. The van der Waals surface area contributed by atoms with Crippen LogP contribution in [0.25, 0.3) is 100 Å². The smallest absolute Gasteiger partial charge is 0.164 e. The fourth-order valence-electron chi connectivity index (χ4n) is 8.47. The SMILES string of the molecule is N#Cc1c(-c2cc(-n3c4ccccc4c4ccccc43)ccc2-c2nc(-c3ccccc3)nc(-c3ccccc3)n2)cccc1-n1c2ccccc2c2ccccc21. The van der Waals surface area contributed by atoms with E-state index < -0.39 is 0 Å². The van der Waals surface area contributed by atoms with Crippen LogP contribution in [-0.2, 0) is 0 Å². The molecule has 0 N–H and O–H groups in total. The van der Waals surface area contributed by atoms with Gasteiger partial charge in [-0.25, -0.2) is 15.0 Å². The van der Waals surface area contributed by atoms with Crippen LogP contribution in [0, 0.1) is 11.3 Å². The molecule has 270 valence electrons. The number of para-hydroxylation sites is 4. The molecule has 0 saturated carbocycles. The molecule has 0 amide bonds. The van der Waals surface area contributed by atoms with Gasteiger partial charge >= 0.3 is 0 Å². The molecule has 58 heavy (non-hydrogen) atoms. The fourth-order valence-corrected chi connectivity index (χ4v) is 8.47. The van der Waals surface area contributed by atoms with Gasteiger partial charge in [-0.1, -0.05) is 146 Å². The van der Waals surface area contributed by atoms with Crippen molar-refractivity contribution in [3.8, 4) is 62.7 Å². The van der Waals surface area contributed by atoms with Crippen molar-refractivity contribution in [3.63, 3.8) is 0 Å². The van der Waals surface area contributed by atoms with Crippen LogP contribution in [0.15, 0.2) is 194 Å². The number of rotatable bonds is 6. The number of benzene rings is 8. The van der Waals surface area contributed by atoms with Crippen molar-refractivity contribution < 1.29 is 0 Å². The van der Waals surface area contributed by atoms with Crippen molar-refractivity contribution in [1.29, 1.82) is 5.26 Å². The zero-order valence-corrected chi connectivity index (χ0v) is 31.2. The molecule has 3 aromatic heterocycles. The number of nitrogens with zero attached hydrogens (tertiary/aromatic N) is 6. The summed E-state index contributed by atoms with van der Waals surface area (Å²) in [6, 6.07) is 69.0. The largest absolute Gasteiger partial charge is 0.309 e. The highest BCUT2D eigenvalue weighted by molar-refractivity contribution is 6.10. The van der Waals surface area contributed by atoms with Gasteiger partial charge in [-0.05, 0) is 54.1 Å². The van der Waals surface area contributed by atoms with Gasteiger partial charge in [0.2, 0.25) is 0 Å². The number of aromatic nitrogens is 5. The zero-order chi connectivity index (χ0) is 38.6. The van der Waals surface area contributed by atoms with Gasteiger partial charge in [0.15, 0.2) is 17.5 Å². The molecular formula is C52H32N6. The number of fused-ring (bicyclic) bond motifs is 6. The molecule has 3 heterocycles. The second-order valence-corrected chi connectivity index (χ2v) is 14.3. The highest BCUT2D eigenvalue weighted by Crippen LogP contribution is 2.41. The summed E-state index contributed by atoms with van der Waals surface area (Å²) < 4.78 is 4.52. The predicted molar refractivity (Wildman–Crippen MR) is 235 cm³/mol. The normalized spacial score (nSPS) is 11.4. The first-order valence-corrected chi connectivity index (χ1v) is 19.3. The minimum atomic E-state index is 0.516. The van der Waals surface area contributed by atoms with E-state index in [1.807, 2.05) is 78.9 Å². The summed E-state index contributed by atoms with van der Waals surface area (Å²) in [5.74, 6) is 1.66. The van der Waals surface area contributed by atoms with Gasteiger partial charge in [0.25, 0.3) is 0 Å². The highest BCUT2D eigenvalue weighted by atomic mass is 15.0. The molecule has 0 aliphatic rings. The maximum Gasteiger partial charge on any atom is 0.164 e. The van der Waals surface area contributed by atoms with E-state index in [-0.39, 0.29) is 0 Å². The first-order chi connectivity index (χ1) is 28.7. The Bertz CT molecular complexity index is 3240. The Morgan fingerprint density at radius 2 is 0.810 bits per heavy atom. The Kier molecular flexibility index (Phi) is 7.76. The molecule has 0 aliphatic heterocycles. The molecule has 0 radical (unpaired) electrons. The molecule has 11 rings (SSSR count). The summed E-state index contributed by atoms with van der Waals surface area (Å²) in [5, 5.41) is 15.9. The Labute approximate surface area is 334 Å². The fraction of sp³-hybridized carbons (Fsp3) is 0. The summed E-state index contributed by atoms with van der Waals surface area (Å²) >= 11 is 0. The van der Waals surface area contributed by atoms with Gasteiger partial charge < -0.3 is 9.13 Å². The van der Waals surface area contributed by atoms with E-state index >= 15 is 0 Å². The Morgan fingerprint density at radius 3 is 1.31 bits per heavy atom. The Balaban J connectivity index is 1.22. The van der Waals surface area contributed by atoms with Gasteiger partial charge in [-0.15, -0.1) is 0 Å². The highest BCUT2D eigenvalue weighted by Gasteiger charge is 2.23. The zero-order valence-electron chi connectivity index (χ0n) is 31.2. The first kappa shape index (κ1) is 33.2. The van der Waals surface area contributed by atoms with Crippen molar-refractivity contribution in [3.05, 3.63) is 200 Å². The van der Waals surface area contributed by atoms with E-state index in [0.717, 1.165) is 72.0 Å². The van der Waals surface area contributed by atoms with Crippen LogP contribution in [0.1, 0.15) is 5.56 Å². The number of hydrogen-bond acceptors (Lipinski definition) is 4. The van der Waals surface area contributed by atoms with Crippen molar-refractivity contribution in [2.45, 2.75) is 0 Å². The lowest BCUT2D eigenvalue weighted by molar-refractivity contribution is 1.07. The van der Waals surface area contributed by atoms with Crippen LogP contribution in [0.2, 0.25) is 0 Å². The van der Waals surface area contributed by atoms with E-state index in [0.29, 0.717) is 23.0 Å². The van der Waals surface area contributed by atoms with Gasteiger partial charge in [0.05, 0.1) is 33.3 Å². The van der Waals surface area contributed by atoms with E-state index in [2.05, 4.69) is 130 Å². The van der Waals surface area contributed by atoms with Crippen LogP contribution in [-0.4, -0.2) is 24.1 Å². The molecule has 0 fully saturated rings. The Morgan fingerprint density at radius 1 is 0.362 bits per heavy atom. The molecule has 11 aromatic rings. The van der Waals surface area contributed by atoms with Crippen molar-refractivity contribution >= 4 is 43.6 Å². The lowest BCUT2D eigenvalue weighted by atomic mass is 9.93. The molecule has 6 heteroatoms. The van der Waals surface area contributed by atoms with Crippen molar-refractivity contribution in [1.82, 2.24) is 24.1 Å². The average Bonchev–Trinajstić information content (AvgIpc) is 3.82. The lowest BCUT2D eigenvalue weighted by Crippen LogP contribution is -2.04. The van der Waals surface area contributed by atoms with Gasteiger partial charge in [0.1, 0.15) is 6.07 Å². The van der Waals surface area contributed by atoms with E-state index in [1.165, 1.54) is 10.8 Å². The van der Waals surface area contributed by atoms with Gasteiger partial charge in [0, 0.05) is 49.5 Å².